The second-order valence-corrected chi connectivity index (χ2v) is 4.62. The Hall–Kier alpha value is -1.41. The summed E-state index contributed by atoms with van der Waals surface area (Å²) in [6.07, 6.45) is 6.24. The molecule has 1 N–H and O–H groups in total. The van der Waals surface area contributed by atoms with Crippen molar-refractivity contribution in [1.29, 1.82) is 0 Å². The van der Waals surface area contributed by atoms with Crippen molar-refractivity contribution in [2.45, 2.75) is 0 Å². The Morgan fingerprint density at radius 1 is 1.13 bits per heavy atom. The molecule has 0 bridgehead atoms. The summed E-state index contributed by atoms with van der Waals surface area (Å²) in [5, 5.41) is 12.2. The average molecular weight is 214 g/mol. The number of hydrogen-bond acceptors (Lipinski definition) is 2. The van der Waals surface area contributed by atoms with Crippen molar-refractivity contribution in [3.05, 3.63) is 57.3 Å². The SMILES string of the molecule is OC1=c2ccccc2=CC=C2SCC=C21. The predicted octanol–water partition coefficient (Wildman–Crippen LogP) is 1.70. The summed E-state index contributed by atoms with van der Waals surface area (Å²) < 4.78 is 0. The van der Waals surface area contributed by atoms with Gasteiger partial charge in [0.1, 0.15) is 5.76 Å². The lowest BCUT2D eigenvalue weighted by Gasteiger charge is -2.01. The van der Waals surface area contributed by atoms with E-state index in [1.165, 1.54) is 4.91 Å². The Morgan fingerprint density at radius 3 is 2.93 bits per heavy atom. The number of allylic oxidation sites excluding steroid dienone is 1. The minimum absolute atomic E-state index is 0.413. The molecule has 1 heterocycles. The second kappa shape index (κ2) is 3.31. The molecular weight excluding hydrogens is 204 g/mol. The number of rotatable bonds is 0. The molecule has 0 saturated carbocycles. The van der Waals surface area contributed by atoms with Crippen LogP contribution >= 0.6 is 11.8 Å². The van der Waals surface area contributed by atoms with Crippen molar-refractivity contribution in [3.63, 3.8) is 0 Å². The van der Waals surface area contributed by atoms with E-state index >= 15 is 0 Å². The van der Waals surface area contributed by atoms with Crippen LogP contribution in [0.1, 0.15) is 0 Å². The minimum Gasteiger partial charge on any atom is -0.507 e. The highest BCUT2D eigenvalue weighted by Gasteiger charge is 2.17. The van der Waals surface area contributed by atoms with Crippen molar-refractivity contribution in [1.82, 2.24) is 0 Å². The van der Waals surface area contributed by atoms with Gasteiger partial charge < -0.3 is 5.11 Å². The average Bonchev–Trinajstić information content (AvgIpc) is 2.69. The Labute approximate surface area is 92.1 Å². The van der Waals surface area contributed by atoms with Crippen molar-refractivity contribution < 1.29 is 5.11 Å². The van der Waals surface area contributed by atoms with Crippen molar-refractivity contribution in [3.8, 4) is 0 Å². The third-order valence-electron chi connectivity index (χ3n) is 2.68. The second-order valence-electron chi connectivity index (χ2n) is 3.56. The topological polar surface area (TPSA) is 20.2 Å². The molecule has 0 saturated heterocycles. The van der Waals surface area contributed by atoms with Gasteiger partial charge in [-0.05, 0) is 11.3 Å². The number of thioether (sulfide) groups is 1. The molecule has 0 atom stereocenters. The van der Waals surface area contributed by atoms with Gasteiger partial charge in [-0.15, -0.1) is 11.8 Å². The van der Waals surface area contributed by atoms with Gasteiger partial charge in [0.05, 0.1) is 0 Å². The monoisotopic (exact) mass is 214 g/mol. The fraction of sp³-hybridized carbons (Fsp3) is 0.0769. The standard InChI is InChI=1S/C13H10OS/c14-13-10-4-2-1-3-9(10)5-6-12-11(13)7-8-15-12/h1-7,14H,8H2. The lowest BCUT2D eigenvalue weighted by molar-refractivity contribution is 0.507. The first-order chi connectivity index (χ1) is 7.36. The van der Waals surface area contributed by atoms with Crippen LogP contribution < -0.4 is 10.4 Å². The summed E-state index contributed by atoms with van der Waals surface area (Å²) in [5.74, 6) is 1.37. The molecule has 15 heavy (non-hydrogen) atoms. The molecule has 0 unspecified atom stereocenters. The molecule has 0 fully saturated rings. The Bertz CT molecular complexity index is 593. The Kier molecular flexibility index (Phi) is 1.96. The van der Waals surface area contributed by atoms with E-state index in [9.17, 15) is 5.11 Å². The molecule has 74 valence electrons. The van der Waals surface area contributed by atoms with E-state index in [4.69, 9.17) is 0 Å². The zero-order valence-electron chi connectivity index (χ0n) is 8.10. The van der Waals surface area contributed by atoms with Crippen molar-refractivity contribution in [2.24, 2.45) is 0 Å². The first-order valence-corrected chi connectivity index (χ1v) is 5.89. The van der Waals surface area contributed by atoms with Crippen LogP contribution in [-0.4, -0.2) is 10.9 Å². The highest BCUT2D eigenvalue weighted by atomic mass is 32.2. The first kappa shape index (κ1) is 8.86. The molecule has 3 rings (SSSR count). The molecule has 1 aliphatic heterocycles. The number of fused-ring (bicyclic) bond motifs is 2. The Morgan fingerprint density at radius 2 is 2.00 bits per heavy atom. The van der Waals surface area contributed by atoms with Crippen molar-refractivity contribution in [2.75, 3.05) is 5.75 Å². The van der Waals surface area contributed by atoms with Gasteiger partial charge in [-0.25, -0.2) is 0 Å². The van der Waals surface area contributed by atoms with Crippen LogP contribution in [-0.2, 0) is 0 Å². The van der Waals surface area contributed by atoms with Crippen molar-refractivity contribution >= 4 is 23.6 Å². The largest absolute Gasteiger partial charge is 0.507 e. The normalized spacial score (nSPS) is 18.3. The fourth-order valence-electron chi connectivity index (χ4n) is 1.91. The fourth-order valence-corrected chi connectivity index (χ4v) is 2.84. The smallest absolute Gasteiger partial charge is 0.131 e. The van der Waals surface area contributed by atoms with E-state index in [0.717, 1.165) is 21.8 Å². The van der Waals surface area contributed by atoms with Gasteiger partial charge in [0.25, 0.3) is 0 Å². The minimum atomic E-state index is 0.413. The third kappa shape index (κ3) is 1.33. The summed E-state index contributed by atoms with van der Waals surface area (Å²) in [4.78, 5) is 1.17. The van der Waals surface area contributed by atoms with Crippen LogP contribution in [0.3, 0.4) is 0 Å². The molecular formula is C13H10OS. The summed E-state index contributed by atoms with van der Waals surface area (Å²) in [6.45, 7) is 0. The maximum absolute atomic E-state index is 10.2. The zero-order valence-corrected chi connectivity index (χ0v) is 8.92. The van der Waals surface area contributed by atoms with Gasteiger partial charge in [0, 0.05) is 21.4 Å². The number of benzene rings is 1. The van der Waals surface area contributed by atoms with Crippen LogP contribution in [0.4, 0.5) is 0 Å². The van der Waals surface area contributed by atoms with E-state index in [-0.39, 0.29) is 0 Å². The zero-order chi connectivity index (χ0) is 10.3. The summed E-state index contributed by atoms with van der Waals surface area (Å²) in [6, 6.07) is 7.93. The van der Waals surface area contributed by atoms with Gasteiger partial charge in [-0.1, -0.05) is 36.4 Å². The highest BCUT2D eigenvalue weighted by Crippen LogP contribution is 2.35. The van der Waals surface area contributed by atoms with Gasteiger partial charge in [-0.3, -0.25) is 0 Å². The lowest BCUT2D eigenvalue weighted by atomic mass is 10.1. The Balaban J connectivity index is 2.44. The molecule has 1 nitrogen and oxygen atoms in total. The van der Waals surface area contributed by atoms with E-state index < -0.39 is 0 Å². The number of aliphatic hydroxyl groups excluding tert-OH is 1. The number of aliphatic hydroxyl groups is 1. The molecule has 1 aromatic carbocycles. The van der Waals surface area contributed by atoms with Gasteiger partial charge in [0.2, 0.25) is 0 Å². The summed E-state index contributed by atoms with van der Waals surface area (Å²) in [5.41, 5.74) is 0.987. The molecule has 0 spiro atoms. The van der Waals surface area contributed by atoms with E-state index in [0.29, 0.717) is 5.76 Å². The molecule has 1 aliphatic carbocycles. The quantitative estimate of drug-likeness (QED) is 0.709. The predicted molar refractivity (Wildman–Crippen MR) is 64.8 cm³/mol. The van der Waals surface area contributed by atoms with Crippen LogP contribution in [0.5, 0.6) is 0 Å². The molecule has 1 aromatic rings. The maximum atomic E-state index is 10.2. The first-order valence-electron chi connectivity index (χ1n) is 4.90. The van der Waals surface area contributed by atoms with Gasteiger partial charge >= 0.3 is 0 Å². The summed E-state index contributed by atoms with van der Waals surface area (Å²) >= 11 is 1.77. The molecule has 2 aliphatic rings. The number of hydrogen-bond donors (Lipinski definition) is 1. The van der Waals surface area contributed by atoms with E-state index in [2.05, 4.69) is 18.2 Å². The lowest BCUT2D eigenvalue weighted by Crippen LogP contribution is -2.25. The highest BCUT2D eigenvalue weighted by molar-refractivity contribution is 8.03. The summed E-state index contributed by atoms with van der Waals surface area (Å²) in [7, 11) is 0. The molecule has 0 amide bonds. The van der Waals surface area contributed by atoms with Crippen LogP contribution in [0.25, 0.3) is 11.8 Å². The van der Waals surface area contributed by atoms with Gasteiger partial charge in [0.15, 0.2) is 0 Å². The molecule has 2 heteroatoms. The molecule has 0 radical (unpaired) electrons. The van der Waals surface area contributed by atoms with Crippen LogP contribution in [0, 0.1) is 0 Å². The van der Waals surface area contributed by atoms with Crippen LogP contribution in [0.15, 0.2) is 46.9 Å². The maximum Gasteiger partial charge on any atom is 0.131 e. The van der Waals surface area contributed by atoms with E-state index in [1.807, 2.05) is 24.3 Å². The molecule has 0 aromatic heterocycles. The van der Waals surface area contributed by atoms with E-state index in [1.54, 1.807) is 11.8 Å². The third-order valence-corrected chi connectivity index (χ3v) is 3.68. The van der Waals surface area contributed by atoms with Crippen LogP contribution in [0.2, 0.25) is 0 Å². The van der Waals surface area contributed by atoms with Gasteiger partial charge in [-0.2, -0.15) is 0 Å².